The lowest BCUT2D eigenvalue weighted by atomic mass is 9.92. The van der Waals surface area contributed by atoms with Gasteiger partial charge in [0.2, 0.25) is 0 Å². The van der Waals surface area contributed by atoms with Crippen LogP contribution in [-0.4, -0.2) is 22.1 Å². The van der Waals surface area contributed by atoms with E-state index in [4.69, 9.17) is 17.3 Å². The van der Waals surface area contributed by atoms with Crippen LogP contribution in [0.3, 0.4) is 0 Å². The molecule has 1 saturated carbocycles. The Kier molecular flexibility index (Phi) is 6.63. The summed E-state index contributed by atoms with van der Waals surface area (Å²) in [7, 11) is 0. The summed E-state index contributed by atoms with van der Waals surface area (Å²) in [6, 6.07) is 11.3. The lowest BCUT2D eigenvalue weighted by Gasteiger charge is -2.27. The Morgan fingerprint density at radius 1 is 1.03 bits per heavy atom. The summed E-state index contributed by atoms with van der Waals surface area (Å²) in [5, 5.41) is 6.99. The summed E-state index contributed by atoms with van der Waals surface area (Å²) < 4.78 is 27.2. The molecule has 1 aromatic carbocycles. The first kappa shape index (κ1) is 21.5. The Hall–Kier alpha value is -2.77. The molecular formula is C23H24ClF2N5. The minimum absolute atomic E-state index is 0.112. The number of anilines is 2. The monoisotopic (exact) mass is 443 g/mol. The first-order chi connectivity index (χ1) is 15.0. The molecule has 31 heavy (non-hydrogen) atoms. The molecule has 4 N–H and O–H groups in total. The van der Waals surface area contributed by atoms with Gasteiger partial charge in [-0.3, -0.25) is 0 Å². The van der Waals surface area contributed by atoms with Crippen molar-refractivity contribution in [3.63, 3.8) is 0 Å². The zero-order valence-electron chi connectivity index (χ0n) is 16.9. The summed E-state index contributed by atoms with van der Waals surface area (Å²) in [5.74, 6) is 0.316. The maximum Gasteiger partial charge on any atom is 0.128 e. The summed E-state index contributed by atoms with van der Waals surface area (Å²) in [6.07, 6.45) is 5.63. The summed E-state index contributed by atoms with van der Waals surface area (Å²) in [4.78, 5) is 8.98. The van der Waals surface area contributed by atoms with Crippen LogP contribution in [0, 0.1) is 11.6 Å². The SMILES string of the molecule is N[C@H]1CC[C@H](Nc2cc(-c3cccc(NCc4cc(F)ccc4F)n3)c(Cl)cn2)CC1. The number of hydrogen-bond acceptors (Lipinski definition) is 5. The van der Waals surface area contributed by atoms with E-state index in [-0.39, 0.29) is 18.2 Å². The van der Waals surface area contributed by atoms with Gasteiger partial charge in [0.25, 0.3) is 0 Å². The standard InChI is InChI=1S/C23H24ClF2N5/c24-19-13-29-23(30-17-7-5-16(27)6-8-17)11-18(19)21-2-1-3-22(31-21)28-12-14-10-15(25)4-9-20(14)26/h1-4,9-11,13,16-17H,5-8,12,27H2,(H,28,31)(H,29,30)/t16-,17-. The predicted molar refractivity (Wildman–Crippen MR) is 120 cm³/mol. The Bertz CT molecular complexity index is 1050. The number of nitrogens with one attached hydrogen (secondary N) is 2. The molecule has 0 atom stereocenters. The molecule has 162 valence electrons. The third kappa shape index (κ3) is 5.48. The van der Waals surface area contributed by atoms with E-state index in [1.165, 1.54) is 6.07 Å². The number of aromatic nitrogens is 2. The average molecular weight is 444 g/mol. The highest BCUT2D eigenvalue weighted by Crippen LogP contribution is 2.30. The minimum atomic E-state index is -0.483. The fourth-order valence-corrected chi connectivity index (χ4v) is 3.93. The second-order valence-electron chi connectivity index (χ2n) is 7.80. The second-order valence-corrected chi connectivity index (χ2v) is 8.21. The minimum Gasteiger partial charge on any atom is -0.367 e. The Morgan fingerprint density at radius 3 is 2.65 bits per heavy atom. The highest BCUT2D eigenvalue weighted by Gasteiger charge is 2.19. The van der Waals surface area contributed by atoms with E-state index in [1.54, 1.807) is 12.3 Å². The Labute approximate surface area is 185 Å². The van der Waals surface area contributed by atoms with E-state index in [0.29, 0.717) is 22.6 Å². The number of nitrogens with zero attached hydrogens (tertiary/aromatic N) is 2. The maximum absolute atomic E-state index is 13.9. The molecule has 1 fully saturated rings. The van der Waals surface area contributed by atoms with Crippen LogP contribution in [0.2, 0.25) is 5.02 Å². The van der Waals surface area contributed by atoms with Gasteiger partial charge in [-0.25, -0.2) is 18.7 Å². The first-order valence-corrected chi connectivity index (χ1v) is 10.7. The summed E-state index contributed by atoms with van der Waals surface area (Å²) >= 11 is 6.40. The molecule has 1 aliphatic rings. The summed E-state index contributed by atoms with van der Waals surface area (Å²) in [6.45, 7) is 0.112. The Balaban J connectivity index is 1.49. The van der Waals surface area contributed by atoms with E-state index in [1.807, 2.05) is 18.2 Å². The second kappa shape index (κ2) is 9.58. The predicted octanol–water partition coefficient (Wildman–Crippen LogP) is 5.37. The highest BCUT2D eigenvalue weighted by molar-refractivity contribution is 6.33. The molecule has 0 amide bonds. The number of benzene rings is 1. The number of halogens is 3. The molecule has 5 nitrogen and oxygen atoms in total. The number of hydrogen-bond donors (Lipinski definition) is 3. The van der Waals surface area contributed by atoms with Gasteiger partial charge in [-0.05, 0) is 62.1 Å². The molecule has 1 aliphatic carbocycles. The van der Waals surface area contributed by atoms with Crippen molar-refractivity contribution in [2.24, 2.45) is 5.73 Å². The molecule has 0 bridgehead atoms. The van der Waals surface area contributed by atoms with Crippen LogP contribution in [0.1, 0.15) is 31.2 Å². The fraction of sp³-hybridized carbons (Fsp3) is 0.304. The highest BCUT2D eigenvalue weighted by atomic mass is 35.5. The van der Waals surface area contributed by atoms with Crippen molar-refractivity contribution in [1.82, 2.24) is 9.97 Å². The van der Waals surface area contributed by atoms with Gasteiger partial charge in [0.1, 0.15) is 23.3 Å². The van der Waals surface area contributed by atoms with E-state index < -0.39 is 11.6 Å². The zero-order chi connectivity index (χ0) is 21.8. The molecule has 0 saturated heterocycles. The van der Waals surface area contributed by atoms with Crippen molar-refractivity contribution >= 4 is 23.2 Å². The molecule has 3 aromatic rings. The molecule has 0 aliphatic heterocycles. The van der Waals surface area contributed by atoms with Gasteiger partial charge in [-0.15, -0.1) is 0 Å². The van der Waals surface area contributed by atoms with Gasteiger partial charge in [-0.2, -0.15) is 0 Å². The molecule has 0 radical (unpaired) electrons. The van der Waals surface area contributed by atoms with Crippen molar-refractivity contribution in [2.75, 3.05) is 10.6 Å². The van der Waals surface area contributed by atoms with Gasteiger partial charge < -0.3 is 16.4 Å². The number of pyridine rings is 2. The number of nitrogens with two attached hydrogens (primary N) is 1. The lowest BCUT2D eigenvalue weighted by Crippen LogP contribution is -2.33. The van der Waals surface area contributed by atoms with E-state index in [0.717, 1.165) is 49.2 Å². The first-order valence-electron chi connectivity index (χ1n) is 10.3. The maximum atomic E-state index is 13.9. The molecule has 2 heterocycles. The van der Waals surface area contributed by atoms with Crippen LogP contribution in [0.4, 0.5) is 20.4 Å². The van der Waals surface area contributed by atoms with Gasteiger partial charge >= 0.3 is 0 Å². The largest absolute Gasteiger partial charge is 0.367 e. The van der Waals surface area contributed by atoms with Crippen LogP contribution in [0.5, 0.6) is 0 Å². The van der Waals surface area contributed by atoms with Crippen molar-refractivity contribution < 1.29 is 8.78 Å². The fourth-order valence-electron chi connectivity index (χ4n) is 3.73. The Morgan fingerprint density at radius 2 is 1.84 bits per heavy atom. The van der Waals surface area contributed by atoms with Crippen LogP contribution >= 0.6 is 11.6 Å². The van der Waals surface area contributed by atoms with E-state index >= 15 is 0 Å². The molecule has 0 spiro atoms. The van der Waals surface area contributed by atoms with E-state index in [2.05, 4.69) is 20.6 Å². The third-order valence-electron chi connectivity index (χ3n) is 5.47. The lowest BCUT2D eigenvalue weighted by molar-refractivity contribution is 0.410. The van der Waals surface area contributed by atoms with Crippen molar-refractivity contribution in [3.05, 3.63) is 70.9 Å². The average Bonchev–Trinajstić information content (AvgIpc) is 2.77. The molecular weight excluding hydrogens is 420 g/mol. The van der Waals surface area contributed by atoms with Crippen molar-refractivity contribution in [1.29, 1.82) is 0 Å². The third-order valence-corrected chi connectivity index (χ3v) is 5.77. The van der Waals surface area contributed by atoms with E-state index in [9.17, 15) is 8.78 Å². The van der Waals surface area contributed by atoms with Crippen molar-refractivity contribution in [3.8, 4) is 11.3 Å². The summed E-state index contributed by atoms with van der Waals surface area (Å²) in [5.41, 5.74) is 7.62. The van der Waals surface area contributed by atoms with Crippen LogP contribution in [0.25, 0.3) is 11.3 Å². The van der Waals surface area contributed by atoms with Crippen LogP contribution < -0.4 is 16.4 Å². The van der Waals surface area contributed by atoms with Crippen molar-refractivity contribution in [2.45, 2.75) is 44.3 Å². The van der Waals surface area contributed by atoms with Gasteiger partial charge in [-0.1, -0.05) is 17.7 Å². The molecule has 2 aromatic heterocycles. The molecule has 8 heteroatoms. The topological polar surface area (TPSA) is 75.9 Å². The normalized spacial score (nSPS) is 18.6. The van der Waals surface area contributed by atoms with Gasteiger partial charge in [0.15, 0.2) is 0 Å². The van der Waals surface area contributed by atoms with Crippen LogP contribution in [-0.2, 0) is 6.54 Å². The number of rotatable bonds is 6. The molecule has 4 rings (SSSR count). The zero-order valence-corrected chi connectivity index (χ0v) is 17.7. The van der Waals surface area contributed by atoms with Gasteiger partial charge in [0, 0.05) is 36.0 Å². The smallest absolute Gasteiger partial charge is 0.128 e. The van der Waals surface area contributed by atoms with Gasteiger partial charge in [0.05, 0.1) is 10.7 Å². The van der Waals surface area contributed by atoms with Crippen LogP contribution in [0.15, 0.2) is 48.7 Å². The molecule has 0 unspecified atom stereocenters. The quantitative estimate of drug-likeness (QED) is 0.477.